The van der Waals surface area contributed by atoms with Gasteiger partial charge in [-0.1, -0.05) is 184 Å². The summed E-state index contributed by atoms with van der Waals surface area (Å²) in [6.45, 7) is 39.9. The molecule has 0 aliphatic heterocycles. The molecule has 0 radical (unpaired) electrons. The molecule has 0 bridgehead atoms. The van der Waals surface area contributed by atoms with Gasteiger partial charge in [-0.25, -0.2) is 0 Å². The Morgan fingerprint density at radius 2 is 0.500 bits per heavy atom. The van der Waals surface area contributed by atoms with Gasteiger partial charge in [0.1, 0.15) is 0 Å². The molecule has 0 amide bonds. The van der Waals surface area contributed by atoms with Crippen LogP contribution in [-0.4, -0.2) is 23.9 Å². The Bertz CT molecular complexity index is 1880. The average molecular weight is 1220 g/mol. The molecule has 0 saturated heterocycles. The topological polar surface area (TPSA) is 49.4 Å². The van der Waals surface area contributed by atoms with Gasteiger partial charge in [0, 0.05) is 12.4 Å². The number of hydrogen-bond donors (Lipinski definition) is 0. The number of para-hydroxylation sites is 4. The maximum atomic E-state index is 5.13. The van der Waals surface area contributed by atoms with E-state index in [1.54, 1.807) is 0 Å². The van der Waals surface area contributed by atoms with Gasteiger partial charge in [0.15, 0.2) is 0 Å². The first-order valence-electron chi connectivity index (χ1n) is 22.4. The van der Waals surface area contributed by atoms with Crippen molar-refractivity contribution in [2.75, 3.05) is 0 Å². The molecule has 4 rings (SSSR count). The number of benzene rings is 4. The van der Waals surface area contributed by atoms with E-state index in [1.165, 1.54) is 66.3 Å². The summed E-state index contributed by atoms with van der Waals surface area (Å²) in [5.74, 6) is 3.50. The van der Waals surface area contributed by atoms with Crippen molar-refractivity contribution in [3.8, 4) is 0 Å². The summed E-state index contributed by atoms with van der Waals surface area (Å²) in [6.07, 6.45) is 3.71. The molecule has 0 atom stereocenters. The Labute approximate surface area is 430 Å². The molecule has 4 nitrogen and oxygen atoms in total. The molecule has 10 heteroatoms. The number of hydrogen-bond acceptors (Lipinski definition) is 4. The summed E-state index contributed by atoms with van der Waals surface area (Å²) in [5, 5.41) is 0. The van der Waals surface area contributed by atoms with Gasteiger partial charge in [-0.05, 0) is 106 Å². The molecule has 0 aromatic heterocycles. The van der Waals surface area contributed by atoms with Crippen molar-refractivity contribution in [3.05, 3.63) is 117 Å². The molecule has 0 aliphatic carbocycles. The summed E-state index contributed by atoms with van der Waals surface area (Å²) in [6, 6.07) is 26.2. The fourth-order valence-electron chi connectivity index (χ4n) is 7.32. The molecule has 64 heavy (non-hydrogen) atoms. The molecule has 4 aromatic rings. The molecular formula is C54H76Br4N4Ni2. The van der Waals surface area contributed by atoms with Crippen LogP contribution in [0.15, 0.2) is 92.8 Å². The standard InChI is InChI=1S/C28H40N2.C26H36N2.4BrH.2Ni/c1-17(2)23-13-11-14-24(18(3)4)27(23)29-21(9)22(10)30-28-25(19(5)6)15-12-16-26(28)20(7)8;1-17(2)21-11-9-12-22(18(3)4)25(21)27-15-16-28-26-23(19(5)6)13-10-14-24(26)20(7)8;;;;;;/h11-20H,1-10H3;9-20H,1-8H3;4*1H;;/q;;;;;;2*+2/p-4. The van der Waals surface area contributed by atoms with E-state index in [9.17, 15) is 0 Å². The molecule has 0 N–H and O–H groups in total. The first kappa shape index (κ1) is 60.5. The molecular weight excluding hydrogens is 1140 g/mol. The van der Waals surface area contributed by atoms with Crippen LogP contribution in [0.2, 0.25) is 0 Å². The first-order chi connectivity index (χ1) is 30.1. The molecule has 0 saturated carbocycles. The molecule has 0 aliphatic rings. The van der Waals surface area contributed by atoms with E-state index in [4.69, 9.17) is 20.0 Å². The molecule has 360 valence electrons. The van der Waals surface area contributed by atoms with Crippen molar-refractivity contribution in [2.24, 2.45) is 20.0 Å². The van der Waals surface area contributed by atoms with Gasteiger partial charge in [0.05, 0.1) is 34.2 Å². The van der Waals surface area contributed by atoms with Crippen molar-refractivity contribution >= 4 is 104 Å². The van der Waals surface area contributed by atoms with Gasteiger partial charge in [0.25, 0.3) is 0 Å². The third-order valence-corrected chi connectivity index (χ3v) is 10.9. The van der Waals surface area contributed by atoms with Crippen molar-refractivity contribution in [3.63, 3.8) is 0 Å². The fourth-order valence-corrected chi connectivity index (χ4v) is 7.32. The van der Waals surface area contributed by atoms with Crippen molar-refractivity contribution in [1.82, 2.24) is 0 Å². The molecule has 0 heterocycles. The van der Waals surface area contributed by atoms with Crippen LogP contribution in [0.1, 0.15) is 216 Å². The quantitative estimate of drug-likeness (QED) is 0.0892. The van der Waals surface area contributed by atoms with Crippen LogP contribution >= 0.6 is 56.9 Å². The van der Waals surface area contributed by atoms with E-state index in [-0.39, 0.29) is 0 Å². The third kappa shape index (κ3) is 19.2. The van der Waals surface area contributed by atoms with E-state index in [2.05, 4.69) is 254 Å². The summed E-state index contributed by atoms with van der Waals surface area (Å²) in [5.41, 5.74) is 16.8. The van der Waals surface area contributed by atoms with Crippen molar-refractivity contribution in [1.29, 1.82) is 0 Å². The second kappa shape index (κ2) is 31.5. The number of halogens is 4. The minimum atomic E-state index is 0.432. The molecule has 0 unspecified atom stereocenters. The minimum absolute atomic E-state index is 0.432. The molecule has 4 aromatic carbocycles. The Morgan fingerprint density at radius 3 is 0.656 bits per heavy atom. The maximum absolute atomic E-state index is 5.13. The van der Waals surface area contributed by atoms with E-state index in [1.807, 2.05) is 12.4 Å². The second-order valence-corrected chi connectivity index (χ2v) is 28.4. The van der Waals surface area contributed by atoms with Crippen LogP contribution in [0.5, 0.6) is 0 Å². The predicted octanol–water partition coefficient (Wildman–Crippen LogP) is 20.7. The average Bonchev–Trinajstić information content (AvgIpc) is 3.22. The van der Waals surface area contributed by atoms with Crippen molar-refractivity contribution in [2.45, 2.75) is 172 Å². The third-order valence-electron chi connectivity index (χ3n) is 10.9. The SMILES string of the molecule is CC(=Nc1c(C(C)C)cccc1C(C)C)C(C)=Nc1c(C(C)C)cccc1C(C)C.CC(C)c1cccc(C(C)C)c1N=CC=Nc1c(C(C)C)cccc1C(C)C.[Br][Ni][Br].[Br][Ni][Br]. The monoisotopic (exact) mass is 1210 g/mol. The van der Waals surface area contributed by atoms with Crippen LogP contribution in [0.25, 0.3) is 0 Å². The van der Waals surface area contributed by atoms with Crippen molar-refractivity contribution < 1.29 is 21.8 Å². The van der Waals surface area contributed by atoms with E-state index >= 15 is 0 Å². The second-order valence-electron chi connectivity index (χ2n) is 18.4. The van der Waals surface area contributed by atoms with Crippen LogP contribution in [0.4, 0.5) is 22.7 Å². The van der Waals surface area contributed by atoms with E-state index in [0.717, 1.165) is 34.2 Å². The number of rotatable bonds is 14. The Kier molecular flexibility index (Phi) is 29.8. The zero-order valence-corrected chi connectivity index (χ0v) is 50.0. The molecule has 0 fully saturated rings. The summed E-state index contributed by atoms with van der Waals surface area (Å²) < 4.78 is 0. The van der Waals surface area contributed by atoms with Gasteiger partial charge >= 0.3 is 78.7 Å². The van der Waals surface area contributed by atoms with Gasteiger partial charge in [-0.15, -0.1) is 0 Å². The van der Waals surface area contributed by atoms with Gasteiger partial charge in [0.2, 0.25) is 0 Å². The van der Waals surface area contributed by atoms with Crippen LogP contribution < -0.4 is 0 Å². The number of aliphatic imine (C=N–C) groups is 4. The number of nitrogens with zero attached hydrogens (tertiary/aromatic N) is 4. The fraction of sp³-hybridized carbons (Fsp3) is 0.481. The molecule has 0 spiro atoms. The van der Waals surface area contributed by atoms with Gasteiger partial charge in [-0.2, -0.15) is 0 Å². The van der Waals surface area contributed by atoms with Gasteiger partial charge in [-0.3, -0.25) is 20.0 Å². The van der Waals surface area contributed by atoms with Gasteiger partial charge < -0.3 is 0 Å². The van der Waals surface area contributed by atoms with Crippen LogP contribution in [0.3, 0.4) is 0 Å². The normalized spacial score (nSPS) is 12.4. The Balaban J connectivity index is 0.000000571. The Morgan fingerprint density at radius 1 is 0.344 bits per heavy atom. The predicted molar refractivity (Wildman–Crippen MR) is 296 cm³/mol. The zero-order valence-electron chi connectivity index (χ0n) is 41.6. The Hall–Kier alpha value is -1.53. The summed E-state index contributed by atoms with van der Waals surface area (Å²) in [7, 11) is 2.50. The van der Waals surface area contributed by atoms with E-state index < -0.39 is 0 Å². The summed E-state index contributed by atoms with van der Waals surface area (Å²) in [4.78, 5) is 19.9. The zero-order chi connectivity index (χ0) is 48.8. The van der Waals surface area contributed by atoms with Crippen LogP contribution in [0, 0.1) is 0 Å². The first-order valence-corrected chi connectivity index (χ1v) is 32.2. The summed E-state index contributed by atoms with van der Waals surface area (Å²) >= 11 is 12.0. The van der Waals surface area contributed by atoms with E-state index in [0.29, 0.717) is 47.3 Å². The van der Waals surface area contributed by atoms with Crippen LogP contribution in [-0.2, 0) is 21.8 Å².